The number of aromatic nitrogens is 1. The van der Waals surface area contributed by atoms with E-state index in [1.807, 2.05) is 0 Å². The average molecular weight is 267 g/mol. The van der Waals surface area contributed by atoms with Crippen molar-refractivity contribution in [2.24, 2.45) is 5.92 Å². The Labute approximate surface area is 113 Å². The summed E-state index contributed by atoms with van der Waals surface area (Å²) < 4.78 is 0. The highest BCUT2D eigenvalue weighted by Gasteiger charge is 2.14. The number of carbonyl (C=O) groups is 1. The molecule has 1 amide bonds. The van der Waals surface area contributed by atoms with Crippen molar-refractivity contribution in [1.29, 1.82) is 0 Å². The van der Waals surface area contributed by atoms with Crippen LogP contribution in [0.25, 0.3) is 0 Å². The minimum Gasteiger partial charge on any atom is -0.352 e. The summed E-state index contributed by atoms with van der Waals surface area (Å²) in [5, 5.41) is 3.35. The van der Waals surface area contributed by atoms with Crippen molar-refractivity contribution in [2.45, 2.75) is 38.5 Å². The first-order chi connectivity index (χ1) is 8.77. The zero-order valence-electron chi connectivity index (χ0n) is 10.5. The monoisotopic (exact) mass is 266 g/mol. The molecule has 3 nitrogen and oxygen atoms in total. The molecule has 1 aliphatic carbocycles. The Morgan fingerprint density at radius 3 is 2.89 bits per heavy atom. The molecule has 0 radical (unpaired) electrons. The van der Waals surface area contributed by atoms with E-state index in [9.17, 15) is 4.79 Å². The Bertz CT molecular complexity index is 403. The maximum absolute atomic E-state index is 11.9. The van der Waals surface area contributed by atoms with Crippen molar-refractivity contribution in [3.05, 3.63) is 29.0 Å². The number of amides is 1. The second kappa shape index (κ2) is 6.74. The van der Waals surface area contributed by atoms with E-state index >= 15 is 0 Å². The highest BCUT2D eigenvalue weighted by atomic mass is 35.5. The molecule has 1 aromatic heterocycles. The molecule has 1 fully saturated rings. The van der Waals surface area contributed by atoms with Crippen LogP contribution in [-0.4, -0.2) is 17.4 Å². The first-order valence-electron chi connectivity index (χ1n) is 6.65. The molecule has 1 aromatic rings. The first kappa shape index (κ1) is 13.3. The lowest BCUT2D eigenvalue weighted by Gasteiger charge is -2.21. The van der Waals surface area contributed by atoms with E-state index in [2.05, 4.69) is 10.3 Å². The van der Waals surface area contributed by atoms with Gasteiger partial charge in [-0.15, -0.1) is 0 Å². The van der Waals surface area contributed by atoms with Crippen LogP contribution in [0.4, 0.5) is 0 Å². The summed E-state index contributed by atoms with van der Waals surface area (Å²) in [4.78, 5) is 15.8. The molecular formula is C14H19ClN2O. The van der Waals surface area contributed by atoms with Gasteiger partial charge in [-0.3, -0.25) is 9.78 Å². The molecule has 0 unspecified atom stereocenters. The first-order valence-corrected chi connectivity index (χ1v) is 7.03. The average Bonchev–Trinajstić information content (AvgIpc) is 2.40. The van der Waals surface area contributed by atoms with Crippen LogP contribution in [0.3, 0.4) is 0 Å². The number of nitrogens with one attached hydrogen (secondary N) is 1. The van der Waals surface area contributed by atoms with Gasteiger partial charge >= 0.3 is 0 Å². The molecule has 98 valence electrons. The third kappa shape index (κ3) is 3.70. The molecule has 1 N–H and O–H groups in total. The molecular weight excluding hydrogens is 248 g/mol. The molecule has 2 rings (SSSR count). The quantitative estimate of drug-likeness (QED) is 0.907. The van der Waals surface area contributed by atoms with E-state index in [-0.39, 0.29) is 5.91 Å². The summed E-state index contributed by atoms with van der Waals surface area (Å²) in [5.41, 5.74) is 0.510. The Balaban J connectivity index is 1.76. The lowest BCUT2D eigenvalue weighted by Crippen LogP contribution is -2.26. The van der Waals surface area contributed by atoms with Gasteiger partial charge in [0, 0.05) is 18.9 Å². The van der Waals surface area contributed by atoms with Gasteiger partial charge in [0.25, 0.3) is 5.91 Å². The fraction of sp³-hybridized carbons (Fsp3) is 0.571. The number of pyridine rings is 1. The molecule has 0 saturated heterocycles. The predicted octanol–water partition coefficient (Wildman–Crippen LogP) is 3.44. The number of nitrogens with zero attached hydrogens (tertiary/aromatic N) is 1. The largest absolute Gasteiger partial charge is 0.352 e. The van der Waals surface area contributed by atoms with E-state index < -0.39 is 0 Å². The van der Waals surface area contributed by atoms with E-state index in [0.29, 0.717) is 10.6 Å². The Morgan fingerprint density at radius 1 is 1.39 bits per heavy atom. The molecule has 1 aliphatic rings. The van der Waals surface area contributed by atoms with Crippen LogP contribution < -0.4 is 5.32 Å². The van der Waals surface area contributed by atoms with Crippen molar-refractivity contribution in [3.63, 3.8) is 0 Å². The molecule has 1 heterocycles. The van der Waals surface area contributed by atoms with Crippen LogP contribution in [-0.2, 0) is 0 Å². The zero-order valence-corrected chi connectivity index (χ0v) is 11.2. The maximum Gasteiger partial charge on any atom is 0.252 e. The van der Waals surface area contributed by atoms with E-state index in [4.69, 9.17) is 11.6 Å². The van der Waals surface area contributed by atoms with Crippen LogP contribution in [0.5, 0.6) is 0 Å². The predicted molar refractivity (Wildman–Crippen MR) is 72.8 cm³/mol. The number of rotatable bonds is 4. The van der Waals surface area contributed by atoms with Gasteiger partial charge in [0.2, 0.25) is 0 Å². The van der Waals surface area contributed by atoms with Crippen LogP contribution >= 0.6 is 11.6 Å². The second-order valence-electron chi connectivity index (χ2n) is 4.90. The fourth-order valence-electron chi connectivity index (χ4n) is 2.52. The third-order valence-electron chi connectivity index (χ3n) is 3.58. The van der Waals surface area contributed by atoms with Gasteiger partial charge in [-0.05, 0) is 18.4 Å². The van der Waals surface area contributed by atoms with Crippen LogP contribution in [0, 0.1) is 5.92 Å². The summed E-state index contributed by atoms with van der Waals surface area (Å²) in [5.74, 6) is 0.685. The number of halogens is 1. The lowest BCUT2D eigenvalue weighted by atomic mass is 9.87. The van der Waals surface area contributed by atoms with Gasteiger partial charge in [0.05, 0.1) is 10.6 Å². The van der Waals surface area contributed by atoms with Gasteiger partial charge in [0.1, 0.15) is 0 Å². The molecule has 0 atom stereocenters. The fourth-order valence-corrected chi connectivity index (χ4v) is 2.73. The molecule has 1 saturated carbocycles. The molecule has 0 bridgehead atoms. The summed E-state index contributed by atoms with van der Waals surface area (Å²) in [6, 6.07) is 1.65. The molecule has 0 aliphatic heterocycles. The van der Waals surface area contributed by atoms with Gasteiger partial charge in [-0.2, -0.15) is 0 Å². The Morgan fingerprint density at radius 2 is 2.17 bits per heavy atom. The smallest absolute Gasteiger partial charge is 0.252 e. The zero-order chi connectivity index (χ0) is 12.8. The minimum atomic E-state index is -0.0989. The lowest BCUT2D eigenvalue weighted by molar-refractivity contribution is 0.0950. The van der Waals surface area contributed by atoms with Crippen molar-refractivity contribution in [3.8, 4) is 0 Å². The summed E-state index contributed by atoms with van der Waals surface area (Å²) in [6.45, 7) is 0.738. The van der Waals surface area contributed by atoms with Gasteiger partial charge in [-0.1, -0.05) is 43.7 Å². The normalized spacial score (nSPS) is 16.5. The summed E-state index contributed by atoms with van der Waals surface area (Å²) in [7, 11) is 0. The van der Waals surface area contributed by atoms with Crippen molar-refractivity contribution in [2.75, 3.05) is 6.54 Å². The standard InChI is InChI=1S/C14H19ClN2O/c15-13-10-16-8-7-12(13)14(18)17-9-6-11-4-2-1-3-5-11/h7-8,10-11H,1-6,9H2,(H,17,18). The van der Waals surface area contributed by atoms with E-state index in [1.54, 1.807) is 12.3 Å². The van der Waals surface area contributed by atoms with Gasteiger partial charge < -0.3 is 5.32 Å². The third-order valence-corrected chi connectivity index (χ3v) is 3.88. The van der Waals surface area contributed by atoms with Crippen LogP contribution in [0.15, 0.2) is 18.5 Å². The summed E-state index contributed by atoms with van der Waals surface area (Å²) in [6.07, 6.45) is 10.8. The highest BCUT2D eigenvalue weighted by Crippen LogP contribution is 2.25. The topological polar surface area (TPSA) is 42.0 Å². The molecule has 4 heteroatoms. The molecule has 0 aromatic carbocycles. The van der Waals surface area contributed by atoms with Gasteiger partial charge in [-0.25, -0.2) is 0 Å². The van der Waals surface area contributed by atoms with Crippen molar-refractivity contribution < 1.29 is 4.79 Å². The van der Waals surface area contributed by atoms with Crippen LogP contribution in [0.2, 0.25) is 5.02 Å². The van der Waals surface area contributed by atoms with E-state index in [0.717, 1.165) is 18.9 Å². The van der Waals surface area contributed by atoms with Crippen molar-refractivity contribution >= 4 is 17.5 Å². The number of carbonyl (C=O) groups excluding carboxylic acids is 1. The van der Waals surface area contributed by atoms with E-state index in [1.165, 1.54) is 38.3 Å². The Kier molecular flexibility index (Phi) is 5.00. The molecule has 18 heavy (non-hydrogen) atoms. The SMILES string of the molecule is O=C(NCCC1CCCCC1)c1ccncc1Cl. The minimum absolute atomic E-state index is 0.0989. The Hall–Kier alpha value is -1.09. The summed E-state index contributed by atoms with van der Waals surface area (Å²) >= 11 is 5.92. The second-order valence-corrected chi connectivity index (χ2v) is 5.31. The maximum atomic E-state index is 11.9. The number of hydrogen-bond donors (Lipinski definition) is 1. The highest BCUT2D eigenvalue weighted by molar-refractivity contribution is 6.33. The van der Waals surface area contributed by atoms with Gasteiger partial charge in [0.15, 0.2) is 0 Å². The van der Waals surface area contributed by atoms with Crippen molar-refractivity contribution in [1.82, 2.24) is 10.3 Å². The number of hydrogen-bond acceptors (Lipinski definition) is 2. The van der Waals surface area contributed by atoms with Crippen LogP contribution in [0.1, 0.15) is 48.9 Å². The molecule has 0 spiro atoms.